The maximum atomic E-state index is 12.7. The number of carbonyl (C=O) groups is 2. The van der Waals surface area contributed by atoms with Gasteiger partial charge in [0.15, 0.2) is 5.78 Å². The summed E-state index contributed by atoms with van der Waals surface area (Å²) in [5, 5.41) is 3.94. The fourth-order valence-corrected chi connectivity index (χ4v) is 3.87. The summed E-state index contributed by atoms with van der Waals surface area (Å²) in [5.41, 5.74) is 5.01. The van der Waals surface area contributed by atoms with Gasteiger partial charge in [0.2, 0.25) is 5.91 Å². The third-order valence-electron chi connectivity index (χ3n) is 5.70. The molecule has 0 radical (unpaired) electrons. The highest BCUT2D eigenvalue weighted by Gasteiger charge is 2.33. The second-order valence-electron chi connectivity index (χ2n) is 7.99. The number of Topliss-reactive ketones (excluding diaryl/α,β-unsaturated/α-hetero) is 1. The molecule has 0 unspecified atom stereocenters. The second kappa shape index (κ2) is 7.31. The zero-order valence-corrected chi connectivity index (χ0v) is 16.1. The molecule has 2 heterocycles. The van der Waals surface area contributed by atoms with Gasteiger partial charge in [-0.3, -0.25) is 14.5 Å². The van der Waals surface area contributed by atoms with Crippen molar-refractivity contribution in [2.75, 3.05) is 25.0 Å². The van der Waals surface area contributed by atoms with E-state index in [0.717, 1.165) is 49.7 Å². The van der Waals surface area contributed by atoms with Crippen LogP contribution in [-0.2, 0) is 4.79 Å². The first kappa shape index (κ1) is 18.0. The predicted octanol–water partition coefficient (Wildman–Crippen LogP) is 4.13. The van der Waals surface area contributed by atoms with Crippen LogP contribution in [0.15, 0.2) is 35.4 Å². The number of piperidine rings is 1. The third kappa shape index (κ3) is 3.83. The van der Waals surface area contributed by atoms with Crippen LogP contribution in [0, 0.1) is 5.92 Å². The first-order valence-corrected chi connectivity index (χ1v) is 9.85. The Morgan fingerprint density at radius 3 is 2.52 bits per heavy atom. The molecule has 0 bridgehead atoms. The zero-order valence-electron chi connectivity index (χ0n) is 16.1. The Bertz CT molecular complexity index is 907. The maximum absolute atomic E-state index is 12.7. The van der Waals surface area contributed by atoms with Crippen LogP contribution in [0.3, 0.4) is 0 Å². The Morgan fingerprint density at radius 1 is 1.15 bits per heavy atom. The quantitative estimate of drug-likeness (QED) is 0.618. The number of fused-ring (bicyclic) bond motifs is 1. The third-order valence-corrected chi connectivity index (χ3v) is 5.70. The number of anilines is 1. The van der Waals surface area contributed by atoms with Gasteiger partial charge in [0.1, 0.15) is 5.69 Å². The summed E-state index contributed by atoms with van der Waals surface area (Å²) in [6, 6.07) is 7.76. The Balaban J connectivity index is 1.49. The van der Waals surface area contributed by atoms with E-state index in [1.807, 2.05) is 24.3 Å². The number of ketones is 1. The van der Waals surface area contributed by atoms with Gasteiger partial charge in [-0.15, -0.1) is 0 Å². The average Bonchev–Trinajstić information content (AvgIpc) is 3.45. The van der Waals surface area contributed by atoms with Crippen molar-refractivity contribution in [1.29, 1.82) is 0 Å². The number of allylic oxidation sites excluding steroid dienone is 1. The fourth-order valence-electron chi connectivity index (χ4n) is 3.87. The van der Waals surface area contributed by atoms with Gasteiger partial charge in [-0.1, -0.05) is 29.3 Å². The van der Waals surface area contributed by atoms with Gasteiger partial charge >= 0.3 is 0 Å². The molecule has 2 aromatic rings. The number of H-pyrrole nitrogens is 1. The number of aromatic nitrogens is 1. The summed E-state index contributed by atoms with van der Waals surface area (Å²) >= 11 is 0. The minimum atomic E-state index is -0.0507. The van der Waals surface area contributed by atoms with E-state index in [1.54, 1.807) is 0 Å². The van der Waals surface area contributed by atoms with Crippen LogP contribution in [0.25, 0.3) is 10.9 Å². The minimum absolute atomic E-state index is 0.0507. The number of carbonyl (C=O) groups excluding carboxylic acids is 2. The highest BCUT2D eigenvalue weighted by Crippen LogP contribution is 2.37. The number of benzene rings is 1. The predicted molar refractivity (Wildman–Crippen MR) is 108 cm³/mol. The molecule has 1 amide bonds. The Morgan fingerprint density at radius 2 is 1.85 bits per heavy atom. The number of likely N-dealkylation sites (tertiary alicyclic amines) is 1. The lowest BCUT2D eigenvalue weighted by atomic mass is 10.00. The number of hydrogen-bond acceptors (Lipinski definition) is 3. The van der Waals surface area contributed by atoms with Crippen LogP contribution in [-0.4, -0.2) is 41.2 Å². The molecule has 142 valence electrons. The van der Waals surface area contributed by atoms with E-state index in [9.17, 15) is 9.59 Å². The first-order chi connectivity index (χ1) is 13.0. The van der Waals surface area contributed by atoms with Crippen LogP contribution < -0.4 is 5.32 Å². The molecule has 4 rings (SSSR count). The number of hydrogen-bond donors (Lipinski definition) is 2. The topological polar surface area (TPSA) is 65.2 Å². The largest absolute Gasteiger partial charge is 0.350 e. The van der Waals surface area contributed by atoms with Gasteiger partial charge in [-0.05, 0) is 45.6 Å². The number of amides is 1. The van der Waals surface area contributed by atoms with E-state index in [1.165, 1.54) is 11.1 Å². The molecule has 1 saturated heterocycles. The number of para-hydroxylation sites is 1. The summed E-state index contributed by atoms with van der Waals surface area (Å²) in [6.07, 6.45) is 3.96. The van der Waals surface area contributed by atoms with Crippen molar-refractivity contribution in [1.82, 2.24) is 9.88 Å². The van der Waals surface area contributed by atoms with E-state index < -0.39 is 0 Å². The molecule has 1 aromatic heterocycles. The second-order valence-corrected chi connectivity index (χ2v) is 7.99. The Labute approximate surface area is 159 Å². The van der Waals surface area contributed by atoms with Crippen molar-refractivity contribution < 1.29 is 9.59 Å². The summed E-state index contributed by atoms with van der Waals surface area (Å²) in [5.74, 6) is 0.177. The minimum Gasteiger partial charge on any atom is -0.350 e. The lowest BCUT2D eigenvalue weighted by molar-refractivity contribution is -0.117. The molecule has 5 nitrogen and oxygen atoms in total. The molecule has 0 spiro atoms. The van der Waals surface area contributed by atoms with Crippen LogP contribution >= 0.6 is 0 Å². The highest BCUT2D eigenvalue weighted by molar-refractivity contribution is 6.14. The molecular formula is C22H27N3O2. The smallest absolute Gasteiger partial charge is 0.238 e. The molecule has 1 aliphatic carbocycles. The van der Waals surface area contributed by atoms with Gasteiger partial charge in [-0.2, -0.15) is 0 Å². The van der Waals surface area contributed by atoms with Crippen molar-refractivity contribution in [2.24, 2.45) is 5.92 Å². The maximum Gasteiger partial charge on any atom is 0.238 e. The molecule has 1 aromatic carbocycles. The van der Waals surface area contributed by atoms with E-state index in [4.69, 9.17) is 0 Å². The summed E-state index contributed by atoms with van der Waals surface area (Å²) < 4.78 is 0. The van der Waals surface area contributed by atoms with Crippen molar-refractivity contribution >= 4 is 28.3 Å². The normalized spacial score (nSPS) is 17.9. The number of aromatic amines is 1. The van der Waals surface area contributed by atoms with Gasteiger partial charge in [0.05, 0.1) is 12.2 Å². The molecular weight excluding hydrogens is 338 g/mol. The standard InChI is InChI=1S/C22H27N3O2/c1-14(2)15-9-11-25(12-10-15)13-19(26)24-20-17-5-3-4-6-18(17)23-21(20)22(27)16-7-8-16/h3-6,16,23H,7-13H2,1-2H3,(H,24,26). The SMILES string of the molecule is CC(C)=C1CCN(CC(=O)Nc2c(C(=O)C3CC3)[nH]c3ccccc23)CC1. The number of nitrogens with zero attached hydrogens (tertiary/aromatic N) is 1. The van der Waals surface area contributed by atoms with E-state index >= 15 is 0 Å². The zero-order chi connectivity index (χ0) is 19.0. The highest BCUT2D eigenvalue weighted by atomic mass is 16.2. The Hall–Kier alpha value is -2.40. The summed E-state index contributed by atoms with van der Waals surface area (Å²) in [4.78, 5) is 30.8. The molecule has 2 N–H and O–H groups in total. The summed E-state index contributed by atoms with van der Waals surface area (Å²) in [6.45, 7) is 6.51. The Kier molecular flexibility index (Phi) is 4.87. The molecule has 0 atom stereocenters. The van der Waals surface area contributed by atoms with Crippen molar-refractivity contribution in [2.45, 2.75) is 39.5 Å². The molecule has 1 saturated carbocycles. The van der Waals surface area contributed by atoms with Crippen molar-refractivity contribution in [3.05, 3.63) is 41.1 Å². The van der Waals surface area contributed by atoms with E-state index in [0.29, 0.717) is 17.9 Å². The van der Waals surface area contributed by atoms with Crippen LogP contribution in [0.4, 0.5) is 5.69 Å². The van der Waals surface area contributed by atoms with Gasteiger partial charge < -0.3 is 10.3 Å². The number of rotatable bonds is 5. The average molecular weight is 365 g/mol. The molecule has 2 fully saturated rings. The molecule has 2 aliphatic rings. The summed E-state index contributed by atoms with van der Waals surface area (Å²) in [7, 11) is 0. The van der Waals surface area contributed by atoms with Crippen molar-refractivity contribution in [3.63, 3.8) is 0 Å². The molecule has 27 heavy (non-hydrogen) atoms. The molecule has 5 heteroatoms. The fraction of sp³-hybridized carbons (Fsp3) is 0.455. The van der Waals surface area contributed by atoms with E-state index in [-0.39, 0.29) is 17.6 Å². The van der Waals surface area contributed by atoms with Gasteiger partial charge in [0, 0.05) is 29.9 Å². The monoisotopic (exact) mass is 365 g/mol. The lowest BCUT2D eigenvalue weighted by Crippen LogP contribution is -2.37. The van der Waals surface area contributed by atoms with Gasteiger partial charge in [0.25, 0.3) is 0 Å². The van der Waals surface area contributed by atoms with E-state index in [2.05, 4.69) is 29.0 Å². The first-order valence-electron chi connectivity index (χ1n) is 9.85. The van der Waals surface area contributed by atoms with Crippen LogP contribution in [0.5, 0.6) is 0 Å². The molecule has 1 aliphatic heterocycles. The lowest BCUT2D eigenvalue weighted by Gasteiger charge is -2.28. The van der Waals surface area contributed by atoms with Crippen molar-refractivity contribution in [3.8, 4) is 0 Å². The van der Waals surface area contributed by atoms with Crippen LogP contribution in [0.2, 0.25) is 0 Å². The number of nitrogens with one attached hydrogen (secondary N) is 2. The van der Waals surface area contributed by atoms with Gasteiger partial charge in [-0.25, -0.2) is 0 Å². The van der Waals surface area contributed by atoms with Crippen LogP contribution in [0.1, 0.15) is 50.0 Å².